The molecule has 0 saturated carbocycles. The molecular weight excluding hydrogens is 995 g/mol. The van der Waals surface area contributed by atoms with Crippen molar-refractivity contribution in [1.82, 2.24) is 0 Å². The van der Waals surface area contributed by atoms with Crippen molar-refractivity contribution in [2.75, 3.05) is 7.11 Å². The van der Waals surface area contributed by atoms with Gasteiger partial charge in [-0.2, -0.15) is 13.2 Å². The number of methoxy groups -OCH3 is 1. The van der Waals surface area contributed by atoms with Gasteiger partial charge in [-0.05, 0) is 6.92 Å². The summed E-state index contributed by atoms with van der Waals surface area (Å²) in [5.74, 6) is -3.23. The molecule has 0 aliphatic heterocycles. The van der Waals surface area contributed by atoms with E-state index in [-0.39, 0.29) is 65.7 Å². The van der Waals surface area contributed by atoms with Gasteiger partial charge in [0.05, 0.1) is 12.5 Å². The zero-order chi connectivity index (χ0) is 45.2. The maximum absolute atomic E-state index is 13.8. The summed E-state index contributed by atoms with van der Waals surface area (Å²) in [4.78, 5) is 23.2. The fraction of sp³-hybridized carbons (Fsp3) is 0.0588. The van der Waals surface area contributed by atoms with Gasteiger partial charge in [0.15, 0.2) is 19.8 Å². The Morgan fingerprint density at radius 2 is 1.03 bits per heavy atom. The number of hydrogen-bond donors (Lipinski definition) is 1. The van der Waals surface area contributed by atoms with Crippen molar-refractivity contribution < 1.29 is 90.7 Å². The summed E-state index contributed by atoms with van der Waals surface area (Å²) >= 11 is 0. The Morgan fingerprint density at radius 1 is 0.656 bits per heavy atom. The molecule has 0 fully saturated rings. The van der Waals surface area contributed by atoms with E-state index in [1.807, 2.05) is 165 Å². The van der Waals surface area contributed by atoms with Crippen molar-refractivity contribution >= 4 is 68.3 Å². The molecule has 13 heteroatoms. The van der Waals surface area contributed by atoms with Crippen LogP contribution in [-0.2, 0) is 9.13 Å². The number of allylic oxidation sites excluding steroid dienone is 3. The minimum atomic E-state index is -5.32. The van der Waals surface area contributed by atoms with E-state index in [9.17, 15) is 37.0 Å². The predicted octanol–water partition coefficient (Wildman–Crippen LogP) is 10.8. The van der Waals surface area contributed by atoms with Crippen LogP contribution >= 0.6 is 14.3 Å². The van der Waals surface area contributed by atoms with Crippen LogP contribution in [0, 0.1) is 49.4 Å². The Hall–Kier alpha value is -5.41. The van der Waals surface area contributed by atoms with Crippen LogP contribution < -0.4 is 36.9 Å². The maximum atomic E-state index is 13.8. The van der Waals surface area contributed by atoms with Gasteiger partial charge in [0.2, 0.25) is 0 Å². The van der Waals surface area contributed by atoms with Gasteiger partial charge in [0, 0.05) is 98.1 Å². The van der Waals surface area contributed by atoms with Crippen LogP contribution in [-0.4, -0.2) is 24.2 Å². The van der Waals surface area contributed by atoms with Gasteiger partial charge < -0.3 is 23.4 Å². The number of ether oxygens (including phenoxy) is 1. The number of rotatable bonds is 9. The van der Waals surface area contributed by atoms with Gasteiger partial charge >= 0.3 is 11.8 Å². The zero-order valence-corrected chi connectivity index (χ0v) is 38.7. The smallest absolute Gasteiger partial charge is 0.455 e. The molecule has 1 heterocycles. The van der Waals surface area contributed by atoms with Gasteiger partial charge in [-0.1, -0.05) is 195 Å². The summed E-state index contributed by atoms with van der Waals surface area (Å²) in [5, 5.41) is 15.9. The summed E-state index contributed by atoms with van der Waals surface area (Å²) in [6.45, 7) is 5.71. The van der Waals surface area contributed by atoms with E-state index < -0.39 is 43.2 Å². The third-order valence-electron chi connectivity index (χ3n) is 10.0. The Balaban J connectivity index is 0.000000181. The number of ketones is 1. The molecule has 0 unspecified atom stereocenters. The average molecular weight is 1040 g/mol. The molecule has 8 aromatic rings. The molecular formula is C51H41EuF3O7P2. The third kappa shape index (κ3) is 10.4. The molecule has 1 N–H and O–H groups in total. The van der Waals surface area contributed by atoms with Gasteiger partial charge in [0.1, 0.15) is 17.1 Å². The number of benzene rings is 7. The first-order valence-electron chi connectivity index (χ1n) is 19.4. The topological polar surface area (TPSA) is 111 Å². The average Bonchev–Trinajstić information content (AvgIpc) is 3.32. The number of aromatic hydroxyl groups is 1. The standard InChI is InChI=1S/C18H15OP.C17H17OP.C16H9F3O5.Eu/c19-20(16-10-4-1-5-11-16,17-12-6-2-7-13-17)18-14-8-3-9-15-18;1-3-15(4-2)19(18,16-11-7-5-8-12-16)17-13-9-6-10-14-17;1-23-9-6-10-11(8-5-3-2-4-7(8)9)13(20)12(15(22)24-10)14(21)16(17,18)19;/h1-15H;3-14H,1H2,2H3;2-6,20H,1H3;/b;15-4+;;. The first-order valence-corrected chi connectivity index (χ1v) is 22.9. The van der Waals surface area contributed by atoms with E-state index in [1.54, 1.807) is 24.3 Å². The Kier molecular flexibility index (Phi) is 17.0. The monoisotopic (exact) mass is 1040 g/mol. The minimum absolute atomic E-state index is 0. The second-order valence-corrected chi connectivity index (χ2v) is 19.3. The van der Waals surface area contributed by atoms with Gasteiger partial charge in [-0.3, -0.25) is 4.79 Å². The normalized spacial score (nSPS) is 11.5. The molecule has 0 saturated heterocycles. The summed E-state index contributed by atoms with van der Waals surface area (Å²) in [6.07, 6.45) is -1.74. The van der Waals surface area contributed by atoms with Crippen LogP contribution in [0.2, 0.25) is 0 Å². The fourth-order valence-corrected chi connectivity index (χ4v) is 12.4. The number of carbonyl (C=O) groups is 1. The number of alkyl halides is 3. The summed E-state index contributed by atoms with van der Waals surface area (Å²) in [7, 11) is -4.20. The van der Waals surface area contributed by atoms with E-state index in [4.69, 9.17) is 9.15 Å². The summed E-state index contributed by atoms with van der Waals surface area (Å²) in [6, 6.07) is 56.0. The Labute approximate surface area is 409 Å². The molecule has 8 rings (SSSR count). The van der Waals surface area contributed by atoms with E-state index in [2.05, 4.69) is 6.58 Å². The summed E-state index contributed by atoms with van der Waals surface area (Å²) in [5.41, 5.74) is -3.20. The Bertz CT molecular complexity index is 2910. The largest absolute Gasteiger partial charge is 0.506 e. The number of fused-ring (bicyclic) bond motifs is 3. The van der Waals surface area contributed by atoms with E-state index in [0.29, 0.717) is 11.1 Å². The molecule has 1 radical (unpaired) electrons. The molecule has 0 atom stereocenters. The first kappa shape index (κ1) is 49.6. The van der Waals surface area contributed by atoms with E-state index >= 15 is 0 Å². The number of hydrogen-bond acceptors (Lipinski definition) is 7. The third-order valence-corrected chi connectivity index (χ3v) is 16.3. The zero-order valence-electron chi connectivity index (χ0n) is 34.5. The van der Waals surface area contributed by atoms with Crippen LogP contribution in [0.15, 0.2) is 215 Å². The number of halogens is 3. The fourth-order valence-electron chi connectivity index (χ4n) is 7.04. The second-order valence-electron chi connectivity index (χ2n) is 13.8. The van der Waals surface area contributed by atoms with Gasteiger partial charge in [-0.15, -0.1) is 0 Å². The molecule has 64 heavy (non-hydrogen) atoms. The van der Waals surface area contributed by atoms with Crippen LogP contribution in [0.3, 0.4) is 0 Å². The predicted molar refractivity (Wildman–Crippen MR) is 248 cm³/mol. The number of Topliss-reactive ketones (excluding diaryl/α,β-unsaturated/α-hetero) is 1. The molecule has 0 bridgehead atoms. The minimum Gasteiger partial charge on any atom is -0.506 e. The second kappa shape index (κ2) is 22.0. The first-order chi connectivity index (χ1) is 30.3. The molecule has 0 spiro atoms. The van der Waals surface area contributed by atoms with Crippen molar-refractivity contribution in [2.45, 2.75) is 13.1 Å². The van der Waals surface area contributed by atoms with Crippen molar-refractivity contribution in [2.24, 2.45) is 0 Å². The van der Waals surface area contributed by atoms with E-state index in [1.165, 1.54) is 19.2 Å². The van der Waals surface area contributed by atoms with Gasteiger partial charge in [-0.25, -0.2) is 4.79 Å². The van der Waals surface area contributed by atoms with Crippen LogP contribution in [0.25, 0.3) is 21.7 Å². The van der Waals surface area contributed by atoms with Crippen molar-refractivity contribution in [1.29, 1.82) is 0 Å². The van der Waals surface area contributed by atoms with Crippen LogP contribution in [0.4, 0.5) is 13.2 Å². The molecule has 325 valence electrons. The van der Waals surface area contributed by atoms with E-state index in [0.717, 1.165) is 31.8 Å². The SMILES string of the molecule is C=C/C(=C\C)P(=O)(c1ccccc1)c1ccccc1.COc1cc2oc(=O)c(C(=O)C(F)(F)F)c(O)c2c2ccccc12.O=P(c1ccccc1)(c1ccccc1)c1ccccc1.[Eu]. The number of carbonyl (C=O) groups excluding carboxylic acids is 1. The van der Waals surface area contributed by atoms with Crippen LogP contribution in [0.1, 0.15) is 17.3 Å². The molecule has 0 aliphatic rings. The molecule has 7 nitrogen and oxygen atoms in total. The Morgan fingerprint density at radius 3 is 1.39 bits per heavy atom. The van der Waals surface area contributed by atoms with Crippen molar-refractivity contribution in [3.8, 4) is 11.5 Å². The maximum Gasteiger partial charge on any atom is 0.455 e. The summed E-state index contributed by atoms with van der Waals surface area (Å²) < 4.78 is 75.4. The molecule has 1 aromatic heterocycles. The van der Waals surface area contributed by atoms with Crippen molar-refractivity contribution in [3.05, 3.63) is 222 Å². The molecule has 7 aromatic carbocycles. The van der Waals surface area contributed by atoms with Crippen LogP contribution in [0.5, 0.6) is 11.5 Å². The quantitative estimate of drug-likeness (QED) is 0.0504. The molecule has 0 amide bonds. The molecule has 0 aliphatic carbocycles. The van der Waals surface area contributed by atoms with Crippen molar-refractivity contribution in [3.63, 3.8) is 0 Å². The van der Waals surface area contributed by atoms with Gasteiger partial charge in [0.25, 0.3) is 5.78 Å².